The monoisotopic (exact) mass is 162 g/mol. The van der Waals surface area contributed by atoms with Crippen LogP contribution in [-0.4, -0.2) is 6.61 Å². The van der Waals surface area contributed by atoms with Crippen molar-refractivity contribution in [2.45, 2.75) is 25.9 Å². The van der Waals surface area contributed by atoms with Gasteiger partial charge in [0.05, 0.1) is 6.61 Å². The van der Waals surface area contributed by atoms with Crippen LogP contribution in [0.1, 0.15) is 30.6 Å². The Morgan fingerprint density at radius 2 is 2.00 bits per heavy atom. The van der Waals surface area contributed by atoms with Gasteiger partial charge in [-0.2, -0.15) is 0 Å². The molecule has 0 N–H and O–H groups in total. The van der Waals surface area contributed by atoms with E-state index in [-0.39, 0.29) is 0 Å². The third kappa shape index (κ3) is 1.67. The minimum absolute atomic E-state index is 0.403. The van der Waals surface area contributed by atoms with Crippen molar-refractivity contribution in [2.24, 2.45) is 0 Å². The van der Waals surface area contributed by atoms with E-state index in [0.29, 0.717) is 6.10 Å². The second-order valence-electron chi connectivity index (χ2n) is 3.31. The zero-order valence-corrected chi connectivity index (χ0v) is 7.42. The molecule has 1 atom stereocenters. The highest BCUT2D eigenvalue weighted by atomic mass is 16.6. The fourth-order valence-corrected chi connectivity index (χ4v) is 1.43. The first-order chi connectivity index (χ1) is 5.90. The Morgan fingerprint density at radius 3 is 2.50 bits per heavy atom. The lowest BCUT2D eigenvalue weighted by atomic mass is 10.1. The molecule has 0 amide bonds. The quantitative estimate of drug-likeness (QED) is 0.622. The van der Waals surface area contributed by atoms with Crippen molar-refractivity contribution >= 4 is 0 Å². The maximum absolute atomic E-state index is 5.19. The van der Waals surface area contributed by atoms with Gasteiger partial charge in [-0.25, -0.2) is 0 Å². The predicted octanol–water partition coefficient (Wildman–Crippen LogP) is 2.71. The summed E-state index contributed by atoms with van der Waals surface area (Å²) in [7, 11) is 0. The van der Waals surface area contributed by atoms with Crippen LogP contribution in [-0.2, 0) is 11.2 Å². The molecular weight excluding hydrogens is 148 g/mol. The van der Waals surface area contributed by atoms with Gasteiger partial charge in [-0.15, -0.1) is 0 Å². The Bertz CT molecular complexity index is 246. The molecule has 2 rings (SSSR count). The summed E-state index contributed by atoms with van der Waals surface area (Å²) in [5.74, 6) is 0. The zero-order chi connectivity index (χ0) is 8.39. The molecule has 0 radical (unpaired) electrons. The van der Waals surface area contributed by atoms with Gasteiger partial charge in [-0.1, -0.05) is 37.6 Å². The predicted molar refractivity (Wildman–Crippen MR) is 49.1 cm³/mol. The second-order valence-corrected chi connectivity index (χ2v) is 3.31. The maximum atomic E-state index is 5.19. The molecular formula is C11H14O. The zero-order valence-electron chi connectivity index (χ0n) is 7.42. The van der Waals surface area contributed by atoms with Crippen molar-refractivity contribution in [3.63, 3.8) is 0 Å². The molecule has 0 spiro atoms. The van der Waals surface area contributed by atoms with Crippen LogP contribution < -0.4 is 0 Å². The van der Waals surface area contributed by atoms with E-state index in [1.807, 2.05) is 0 Å². The van der Waals surface area contributed by atoms with Crippen molar-refractivity contribution in [3.05, 3.63) is 35.4 Å². The van der Waals surface area contributed by atoms with E-state index >= 15 is 0 Å². The average Bonchev–Trinajstić information content (AvgIpc) is 2.89. The summed E-state index contributed by atoms with van der Waals surface area (Å²) in [6.45, 7) is 3.12. The van der Waals surface area contributed by atoms with Crippen LogP contribution in [0.15, 0.2) is 24.3 Å². The van der Waals surface area contributed by atoms with E-state index in [2.05, 4.69) is 31.2 Å². The number of rotatable bonds is 3. The molecule has 64 valence electrons. The Hall–Kier alpha value is -0.820. The summed E-state index contributed by atoms with van der Waals surface area (Å²) in [5, 5.41) is 0. The lowest BCUT2D eigenvalue weighted by molar-refractivity contribution is 0.415. The first-order valence-electron chi connectivity index (χ1n) is 4.60. The van der Waals surface area contributed by atoms with Gasteiger partial charge in [-0.3, -0.25) is 0 Å². The van der Waals surface area contributed by atoms with Crippen molar-refractivity contribution in [1.82, 2.24) is 0 Å². The third-order valence-electron chi connectivity index (χ3n) is 2.22. The lowest BCUT2D eigenvalue weighted by Gasteiger charge is -1.99. The fourth-order valence-electron chi connectivity index (χ4n) is 1.43. The number of ether oxygens (including phenoxy) is 1. The number of aryl methyl sites for hydroxylation is 1. The third-order valence-corrected chi connectivity index (χ3v) is 2.22. The average molecular weight is 162 g/mol. The Balaban J connectivity index is 2.08. The lowest BCUT2D eigenvalue weighted by Crippen LogP contribution is -1.84. The molecule has 1 aliphatic heterocycles. The van der Waals surface area contributed by atoms with Crippen molar-refractivity contribution < 1.29 is 4.74 Å². The van der Waals surface area contributed by atoms with Gasteiger partial charge >= 0.3 is 0 Å². The Morgan fingerprint density at radius 1 is 1.33 bits per heavy atom. The topological polar surface area (TPSA) is 12.5 Å². The Kier molecular flexibility index (Phi) is 2.13. The van der Waals surface area contributed by atoms with Gasteiger partial charge in [0, 0.05) is 0 Å². The van der Waals surface area contributed by atoms with Gasteiger partial charge in [-0.05, 0) is 17.5 Å². The van der Waals surface area contributed by atoms with E-state index in [4.69, 9.17) is 4.74 Å². The smallest absolute Gasteiger partial charge is 0.106 e. The highest BCUT2D eigenvalue weighted by Crippen LogP contribution is 2.29. The number of hydrogen-bond donors (Lipinski definition) is 0. The van der Waals surface area contributed by atoms with Gasteiger partial charge < -0.3 is 4.74 Å². The van der Waals surface area contributed by atoms with Crippen LogP contribution >= 0.6 is 0 Å². The highest BCUT2D eigenvalue weighted by Gasteiger charge is 2.23. The van der Waals surface area contributed by atoms with Crippen LogP contribution in [0.25, 0.3) is 0 Å². The van der Waals surface area contributed by atoms with Crippen LogP contribution in [0.3, 0.4) is 0 Å². The molecule has 1 heteroatoms. The minimum atomic E-state index is 0.403. The first kappa shape index (κ1) is 7.81. The standard InChI is InChI=1S/C11H14O/c1-2-3-9-4-6-10(7-5-9)11-8-12-11/h4-7,11H,2-3,8H2,1H3. The summed E-state index contributed by atoms with van der Waals surface area (Å²) in [4.78, 5) is 0. The minimum Gasteiger partial charge on any atom is -0.368 e. The number of epoxide rings is 1. The van der Waals surface area contributed by atoms with Gasteiger partial charge in [0.1, 0.15) is 6.10 Å². The molecule has 1 heterocycles. The van der Waals surface area contributed by atoms with E-state index in [1.54, 1.807) is 0 Å². The first-order valence-corrected chi connectivity index (χ1v) is 4.60. The maximum Gasteiger partial charge on any atom is 0.106 e. The van der Waals surface area contributed by atoms with Crippen LogP contribution in [0.5, 0.6) is 0 Å². The molecule has 0 saturated carbocycles. The van der Waals surface area contributed by atoms with Crippen molar-refractivity contribution in [2.75, 3.05) is 6.61 Å². The summed E-state index contributed by atoms with van der Waals surface area (Å²) in [5.41, 5.74) is 2.76. The van der Waals surface area contributed by atoms with Crippen LogP contribution in [0.2, 0.25) is 0 Å². The molecule has 1 fully saturated rings. The fraction of sp³-hybridized carbons (Fsp3) is 0.455. The second kappa shape index (κ2) is 3.28. The van der Waals surface area contributed by atoms with Crippen molar-refractivity contribution in [3.8, 4) is 0 Å². The molecule has 1 aliphatic rings. The molecule has 1 aromatic carbocycles. The highest BCUT2D eigenvalue weighted by molar-refractivity contribution is 5.25. The number of hydrogen-bond acceptors (Lipinski definition) is 1. The van der Waals surface area contributed by atoms with Crippen LogP contribution in [0, 0.1) is 0 Å². The summed E-state index contributed by atoms with van der Waals surface area (Å²) < 4.78 is 5.19. The summed E-state index contributed by atoms with van der Waals surface area (Å²) in [6, 6.07) is 8.78. The summed E-state index contributed by atoms with van der Waals surface area (Å²) >= 11 is 0. The molecule has 1 aromatic rings. The van der Waals surface area contributed by atoms with Gasteiger partial charge in [0.2, 0.25) is 0 Å². The van der Waals surface area contributed by atoms with Crippen molar-refractivity contribution in [1.29, 1.82) is 0 Å². The molecule has 0 aliphatic carbocycles. The molecule has 0 aromatic heterocycles. The largest absolute Gasteiger partial charge is 0.368 e. The van der Waals surface area contributed by atoms with Gasteiger partial charge in [0.25, 0.3) is 0 Å². The van der Waals surface area contributed by atoms with E-state index in [9.17, 15) is 0 Å². The van der Waals surface area contributed by atoms with E-state index in [1.165, 1.54) is 24.0 Å². The molecule has 1 unspecified atom stereocenters. The molecule has 1 saturated heterocycles. The molecule has 1 nitrogen and oxygen atoms in total. The van der Waals surface area contributed by atoms with Crippen LogP contribution in [0.4, 0.5) is 0 Å². The van der Waals surface area contributed by atoms with E-state index < -0.39 is 0 Å². The molecule has 12 heavy (non-hydrogen) atoms. The normalized spacial score (nSPS) is 20.9. The number of benzene rings is 1. The Labute approximate surface area is 73.4 Å². The summed E-state index contributed by atoms with van der Waals surface area (Å²) in [6.07, 6.45) is 2.81. The van der Waals surface area contributed by atoms with Gasteiger partial charge in [0.15, 0.2) is 0 Å². The molecule has 0 bridgehead atoms. The SMILES string of the molecule is CCCc1ccc(C2CO2)cc1. The van der Waals surface area contributed by atoms with E-state index in [0.717, 1.165) is 6.61 Å².